The first-order valence-corrected chi connectivity index (χ1v) is 11.0. The minimum absolute atomic E-state index is 0.105. The Kier molecular flexibility index (Phi) is 6.52. The number of anilines is 1. The van der Waals surface area contributed by atoms with Crippen molar-refractivity contribution in [3.05, 3.63) is 106 Å². The van der Waals surface area contributed by atoms with Crippen molar-refractivity contribution in [1.29, 1.82) is 0 Å². The second kappa shape index (κ2) is 9.51. The average molecular weight is 462 g/mol. The first-order chi connectivity index (χ1) is 15.9. The second-order valence-electron chi connectivity index (χ2n) is 7.98. The number of aliphatic hydroxyl groups excluding tert-OH is 1. The second-order valence-corrected chi connectivity index (χ2v) is 8.39. The lowest BCUT2D eigenvalue weighted by Crippen LogP contribution is -2.31. The van der Waals surface area contributed by atoms with Gasteiger partial charge in [0.15, 0.2) is 11.5 Å². The van der Waals surface area contributed by atoms with Gasteiger partial charge in [-0.15, -0.1) is 0 Å². The number of Topliss-reactive ketones (excluding diaryl/α,β-unsaturated/α-hetero) is 1. The van der Waals surface area contributed by atoms with E-state index in [1.807, 2.05) is 61.5 Å². The third-order valence-corrected chi connectivity index (χ3v) is 6.06. The smallest absolute Gasteiger partial charge is 0.294 e. The Morgan fingerprint density at radius 3 is 2.48 bits per heavy atom. The van der Waals surface area contributed by atoms with Crippen LogP contribution in [0.1, 0.15) is 29.2 Å². The summed E-state index contributed by atoms with van der Waals surface area (Å²) in [6.07, 6.45) is 0.690. The van der Waals surface area contributed by atoms with Crippen LogP contribution >= 0.6 is 11.6 Å². The molecule has 1 N–H and O–H groups in total. The third kappa shape index (κ3) is 4.50. The average Bonchev–Trinajstić information content (AvgIpc) is 3.08. The van der Waals surface area contributed by atoms with Gasteiger partial charge >= 0.3 is 0 Å². The van der Waals surface area contributed by atoms with Gasteiger partial charge in [-0.1, -0.05) is 71.8 Å². The van der Waals surface area contributed by atoms with Crippen molar-refractivity contribution in [2.24, 2.45) is 0 Å². The van der Waals surface area contributed by atoms with Gasteiger partial charge in [-0.2, -0.15) is 0 Å². The lowest BCUT2D eigenvalue weighted by atomic mass is 9.92. The van der Waals surface area contributed by atoms with Gasteiger partial charge in [0, 0.05) is 12.1 Å². The molecule has 5 nitrogen and oxygen atoms in total. The van der Waals surface area contributed by atoms with Gasteiger partial charge in [-0.25, -0.2) is 0 Å². The molecule has 0 saturated carbocycles. The number of methoxy groups -OCH3 is 1. The molecule has 0 aliphatic carbocycles. The van der Waals surface area contributed by atoms with E-state index in [2.05, 4.69) is 0 Å². The maximum atomic E-state index is 13.3. The number of ether oxygens (including phenoxy) is 1. The Balaban J connectivity index is 1.75. The molecule has 0 saturated heterocycles. The van der Waals surface area contributed by atoms with Gasteiger partial charge in [0.1, 0.15) is 5.75 Å². The highest BCUT2D eigenvalue weighted by Crippen LogP contribution is 2.43. The molecule has 0 spiro atoms. The maximum Gasteiger partial charge on any atom is 0.294 e. The number of benzene rings is 3. The topological polar surface area (TPSA) is 66.8 Å². The van der Waals surface area contributed by atoms with E-state index in [0.29, 0.717) is 22.9 Å². The van der Waals surface area contributed by atoms with Gasteiger partial charge in [0.2, 0.25) is 0 Å². The number of rotatable bonds is 7. The molecule has 0 fully saturated rings. The fourth-order valence-corrected chi connectivity index (χ4v) is 4.41. The number of carbonyl (C=O) groups is 2. The van der Waals surface area contributed by atoms with Crippen LogP contribution in [0.25, 0.3) is 0 Å². The summed E-state index contributed by atoms with van der Waals surface area (Å²) >= 11 is 6.32. The van der Waals surface area contributed by atoms with Gasteiger partial charge in [0.05, 0.1) is 23.7 Å². The van der Waals surface area contributed by atoms with Crippen LogP contribution in [-0.2, 0) is 16.0 Å². The van der Waals surface area contributed by atoms with E-state index >= 15 is 0 Å². The quantitative estimate of drug-likeness (QED) is 0.485. The maximum absolute atomic E-state index is 13.3. The molecule has 33 heavy (non-hydrogen) atoms. The molecule has 3 aromatic rings. The van der Waals surface area contributed by atoms with Crippen LogP contribution in [0, 0.1) is 6.92 Å². The monoisotopic (exact) mass is 461 g/mol. The summed E-state index contributed by atoms with van der Waals surface area (Å²) in [5.74, 6) is -0.953. The van der Waals surface area contributed by atoms with Crippen molar-refractivity contribution < 1.29 is 19.4 Å². The van der Waals surface area contributed by atoms with Crippen LogP contribution in [0.5, 0.6) is 5.75 Å². The Morgan fingerprint density at radius 1 is 1.06 bits per heavy atom. The molecule has 0 bridgehead atoms. The molecule has 1 unspecified atom stereocenters. The van der Waals surface area contributed by atoms with Crippen LogP contribution in [-0.4, -0.2) is 23.9 Å². The van der Waals surface area contributed by atoms with E-state index in [1.165, 1.54) is 12.0 Å². The van der Waals surface area contributed by atoms with Gasteiger partial charge in [0.25, 0.3) is 5.91 Å². The molecule has 168 valence electrons. The van der Waals surface area contributed by atoms with Gasteiger partial charge in [-0.05, 0) is 42.7 Å². The molecule has 0 radical (unpaired) electrons. The normalized spacial score (nSPS) is 15.8. The van der Waals surface area contributed by atoms with Crippen LogP contribution < -0.4 is 9.64 Å². The first kappa shape index (κ1) is 22.6. The molecule has 1 amide bonds. The summed E-state index contributed by atoms with van der Waals surface area (Å²) in [6, 6.07) is 21.4. The Morgan fingerprint density at radius 2 is 1.82 bits per heavy atom. The minimum Gasteiger partial charge on any atom is -0.503 e. The highest BCUT2D eigenvalue weighted by atomic mass is 35.5. The van der Waals surface area contributed by atoms with E-state index in [4.69, 9.17) is 16.3 Å². The predicted octanol–water partition coefficient (Wildman–Crippen LogP) is 5.76. The molecule has 1 atom stereocenters. The Hall–Kier alpha value is -3.57. The number of nitrogens with zero attached hydrogens (tertiary/aromatic N) is 1. The highest BCUT2D eigenvalue weighted by molar-refractivity contribution is 6.32. The van der Waals surface area contributed by atoms with Crippen molar-refractivity contribution >= 4 is 29.0 Å². The Labute approximate surface area is 197 Å². The molecule has 4 rings (SSSR count). The number of carbonyl (C=O) groups excluding carboxylic acids is 2. The van der Waals surface area contributed by atoms with Crippen molar-refractivity contribution in [2.75, 3.05) is 12.0 Å². The van der Waals surface area contributed by atoms with E-state index in [1.54, 1.807) is 18.2 Å². The number of amides is 1. The summed E-state index contributed by atoms with van der Waals surface area (Å²) in [6.45, 7) is 1.94. The summed E-state index contributed by atoms with van der Waals surface area (Å²) in [7, 11) is 1.51. The fourth-order valence-electron chi connectivity index (χ4n) is 4.15. The number of hydrogen-bond donors (Lipinski definition) is 1. The molecule has 6 heteroatoms. The lowest BCUT2D eigenvalue weighted by molar-refractivity contribution is -0.118. The zero-order chi connectivity index (χ0) is 23.5. The standard InChI is InChI=1S/C27H24ClNO4/c1-17-7-6-10-19(15-17)25-24(22(30)13-11-18-8-4-3-5-9-18)26(31)27(32)29(25)20-12-14-23(33-2)21(28)16-20/h3-10,12,14-16,25,31H,11,13H2,1-2H3. The number of aryl methyl sites for hydroxylation is 2. The number of ketones is 1. The summed E-state index contributed by atoms with van der Waals surface area (Å²) in [5.41, 5.74) is 3.31. The summed E-state index contributed by atoms with van der Waals surface area (Å²) in [4.78, 5) is 28.0. The molecule has 3 aromatic carbocycles. The minimum atomic E-state index is -0.759. The zero-order valence-electron chi connectivity index (χ0n) is 18.4. The SMILES string of the molecule is COc1ccc(N2C(=O)C(O)=C(C(=O)CCc3ccccc3)C2c2cccc(C)c2)cc1Cl. The van der Waals surface area contributed by atoms with Crippen LogP contribution in [0.4, 0.5) is 5.69 Å². The van der Waals surface area contributed by atoms with Crippen molar-refractivity contribution in [3.8, 4) is 5.75 Å². The first-order valence-electron chi connectivity index (χ1n) is 10.6. The van der Waals surface area contributed by atoms with E-state index in [-0.39, 0.29) is 17.8 Å². The largest absolute Gasteiger partial charge is 0.503 e. The lowest BCUT2D eigenvalue weighted by Gasteiger charge is -2.27. The predicted molar refractivity (Wildman–Crippen MR) is 129 cm³/mol. The fraction of sp³-hybridized carbons (Fsp3) is 0.185. The van der Waals surface area contributed by atoms with Crippen molar-refractivity contribution in [1.82, 2.24) is 0 Å². The van der Waals surface area contributed by atoms with Crippen LogP contribution in [0.15, 0.2) is 84.1 Å². The molecular weight excluding hydrogens is 438 g/mol. The highest BCUT2D eigenvalue weighted by Gasteiger charge is 2.44. The van der Waals surface area contributed by atoms with Gasteiger partial charge < -0.3 is 9.84 Å². The Bertz CT molecular complexity index is 1240. The molecular formula is C27H24ClNO4. The molecule has 1 aliphatic heterocycles. The number of aliphatic hydroxyl groups is 1. The van der Waals surface area contributed by atoms with Crippen LogP contribution in [0.2, 0.25) is 5.02 Å². The van der Waals surface area contributed by atoms with Gasteiger partial charge in [-0.3, -0.25) is 14.5 Å². The number of halogens is 1. The third-order valence-electron chi connectivity index (χ3n) is 5.76. The molecule has 1 heterocycles. The van der Waals surface area contributed by atoms with E-state index < -0.39 is 17.7 Å². The molecule has 0 aromatic heterocycles. The summed E-state index contributed by atoms with van der Waals surface area (Å²) in [5, 5.41) is 11.2. The van der Waals surface area contributed by atoms with Crippen LogP contribution in [0.3, 0.4) is 0 Å². The van der Waals surface area contributed by atoms with E-state index in [9.17, 15) is 14.7 Å². The van der Waals surface area contributed by atoms with Crippen molar-refractivity contribution in [3.63, 3.8) is 0 Å². The van der Waals surface area contributed by atoms with E-state index in [0.717, 1.165) is 16.7 Å². The molecule has 1 aliphatic rings. The zero-order valence-corrected chi connectivity index (χ0v) is 19.2. The number of hydrogen-bond acceptors (Lipinski definition) is 4. The summed E-state index contributed by atoms with van der Waals surface area (Å²) < 4.78 is 5.22. The van der Waals surface area contributed by atoms with Crippen molar-refractivity contribution in [2.45, 2.75) is 25.8 Å².